The molecule has 0 spiro atoms. The molecule has 0 aliphatic rings. The third-order valence-corrected chi connectivity index (χ3v) is 3.47. The summed E-state index contributed by atoms with van der Waals surface area (Å²) < 4.78 is 19.3. The summed E-state index contributed by atoms with van der Waals surface area (Å²) in [6, 6.07) is 6.85. The highest BCUT2D eigenvalue weighted by Crippen LogP contribution is 2.23. The Bertz CT molecular complexity index is 567. The van der Waals surface area contributed by atoms with Crippen LogP contribution in [0.5, 0.6) is 0 Å². The lowest BCUT2D eigenvalue weighted by molar-refractivity contribution is 0.495. The number of halogens is 2. The van der Waals surface area contributed by atoms with Crippen molar-refractivity contribution in [3.8, 4) is 0 Å². The van der Waals surface area contributed by atoms with Crippen LogP contribution < -0.4 is 5.32 Å². The van der Waals surface area contributed by atoms with Crippen molar-refractivity contribution in [2.75, 3.05) is 6.54 Å². The number of hydrogen-bond acceptors (Lipinski definition) is 2. The summed E-state index contributed by atoms with van der Waals surface area (Å²) in [7, 11) is 0. The lowest BCUT2D eigenvalue weighted by atomic mass is 10.0. The van der Waals surface area contributed by atoms with Crippen molar-refractivity contribution in [2.24, 2.45) is 0 Å². The molecule has 0 saturated heterocycles. The molecule has 0 fully saturated rings. The van der Waals surface area contributed by atoms with E-state index in [-0.39, 0.29) is 11.9 Å². The molecule has 2 rings (SSSR count). The molecular weight excluding hydrogens is 277 g/mol. The van der Waals surface area contributed by atoms with E-state index in [0.29, 0.717) is 17.0 Å². The molecule has 1 atom stereocenters. The Morgan fingerprint density at radius 3 is 2.75 bits per heavy atom. The molecule has 2 nitrogen and oxygen atoms in total. The van der Waals surface area contributed by atoms with E-state index in [0.717, 1.165) is 24.3 Å². The maximum Gasteiger partial charge on any atom is 0.127 e. The van der Waals surface area contributed by atoms with E-state index >= 15 is 0 Å². The standard InChI is InChI=1S/C16H19ClFNO/c1-3-6-19-16(13-7-11(2)20-10-13)8-12-4-5-14(17)9-15(12)18/h4-5,7,9-10,16,19H,3,6,8H2,1-2H3. The topological polar surface area (TPSA) is 25.2 Å². The average molecular weight is 296 g/mol. The number of furan rings is 1. The van der Waals surface area contributed by atoms with Gasteiger partial charge in [0.05, 0.1) is 6.26 Å². The van der Waals surface area contributed by atoms with Crippen molar-refractivity contribution in [2.45, 2.75) is 32.7 Å². The second-order valence-electron chi connectivity index (χ2n) is 4.94. The Labute approximate surface area is 123 Å². The number of aryl methyl sites for hydroxylation is 1. The smallest absolute Gasteiger partial charge is 0.127 e. The van der Waals surface area contributed by atoms with Crippen molar-refractivity contribution >= 4 is 11.6 Å². The predicted molar refractivity (Wildman–Crippen MR) is 79.6 cm³/mol. The third kappa shape index (κ3) is 3.84. The van der Waals surface area contributed by atoms with Crippen LogP contribution in [0, 0.1) is 12.7 Å². The minimum Gasteiger partial charge on any atom is -0.469 e. The zero-order valence-corrected chi connectivity index (χ0v) is 12.5. The molecule has 1 aromatic heterocycles. The highest BCUT2D eigenvalue weighted by molar-refractivity contribution is 6.30. The molecule has 0 bridgehead atoms. The van der Waals surface area contributed by atoms with Crippen LogP contribution in [0.3, 0.4) is 0 Å². The van der Waals surface area contributed by atoms with Gasteiger partial charge in [-0.3, -0.25) is 0 Å². The van der Waals surface area contributed by atoms with E-state index in [1.807, 2.05) is 13.0 Å². The van der Waals surface area contributed by atoms with Crippen LogP contribution in [0.2, 0.25) is 5.02 Å². The number of hydrogen-bond donors (Lipinski definition) is 1. The fourth-order valence-corrected chi connectivity index (χ4v) is 2.34. The Morgan fingerprint density at radius 1 is 1.35 bits per heavy atom. The molecule has 1 unspecified atom stereocenters. The molecule has 108 valence electrons. The van der Waals surface area contributed by atoms with Crippen molar-refractivity contribution in [1.82, 2.24) is 5.32 Å². The molecule has 1 aromatic carbocycles. The largest absolute Gasteiger partial charge is 0.469 e. The van der Waals surface area contributed by atoms with Gasteiger partial charge in [0.1, 0.15) is 11.6 Å². The van der Waals surface area contributed by atoms with Gasteiger partial charge in [-0.1, -0.05) is 24.6 Å². The van der Waals surface area contributed by atoms with E-state index in [1.54, 1.807) is 18.4 Å². The molecule has 0 radical (unpaired) electrons. The minimum absolute atomic E-state index is 0.0445. The maximum absolute atomic E-state index is 13.9. The molecule has 0 saturated carbocycles. The summed E-state index contributed by atoms with van der Waals surface area (Å²) in [6.07, 6.45) is 3.33. The second kappa shape index (κ2) is 6.91. The first-order valence-corrected chi connectivity index (χ1v) is 7.20. The summed E-state index contributed by atoms with van der Waals surface area (Å²) in [6.45, 7) is 4.89. The van der Waals surface area contributed by atoms with Gasteiger partial charge in [-0.05, 0) is 50.1 Å². The van der Waals surface area contributed by atoms with Gasteiger partial charge < -0.3 is 9.73 Å². The van der Waals surface area contributed by atoms with Crippen LogP contribution in [-0.2, 0) is 6.42 Å². The van der Waals surface area contributed by atoms with Gasteiger partial charge in [0.25, 0.3) is 0 Å². The monoisotopic (exact) mass is 295 g/mol. The van der Waals surface area contributed by atoms with Crippen molar-refractivity contribution in [1.29, 1.82) is 0 Å². The SMILES string of the molecule is CCCNC(Cc1ccc(Cl)cc1F)c1coc(C)c1. The van der Waals surface area contributed by atoms with E-state index in [9.17, 15) is 4.39 Å². The van der Waals surface area contributed by atoms with E-state index in [4.69, 9.17) is 16.0 Å². The fourth-order valence-electron chi connectivity index (χ4n) is 2.18. The van der Waals surface area contributed by atoms with E-state index < -0.39 is 0 Å². The second-order valence-corrected chi connectivity index (χ2v) is 5.37. The predicted octanol–water partition coefficient (Wildman–Crippen LogP) is 4.66. The van der Waals surface area contributed by atoms with Gasteiger partial charge in [0.2, 0.25) is 0 Å². The summed E-state index contributed by atoms with van der Waals surface area (Å²) >= 11 is 5.79. The van der Waals surface area contributed by atoms with Gasteiger partial charge in [0, 0.05) is 16.6 Å². The molecule has 4 heteroatoms. The maximum atomic E-state index is 13.9. The van der Waals surface area contributed by atoms with Crippen molar-refractivity contribution in [3.63, 3.8) is 0 Å². The molecule has 20 heavy (non-hydrogen) atoms. The summed E-state index contributed by atoms with van der Waals surface area (Å²) in [5.41, 5.74) is 1.70. The van der Waals surface area contributed by atoms with Gasteiger partial charge in [-0.2, -0.15) is 0 Å². The molecule has 0 aliphatic heterocycles. The number of benzene rings is 1. The van der Waals surface area contributed by atoms with Crippen LogP contribution in [0.4, 0.5) is 4.39 Å². The van der Waals surface area contributed by atoms with E-state index in [1.165, 1.54) is 6.07 Å². The van der Waals surface area contributed by atoms with Gasteiger partial charge in [-0.15, -0.1) is 0 Å². The normalized spacial score (nSPS) is 12.6. The highest BCUT2D eigenvalue weighted by atomic mass is 35.5. The van der Waals surface area contributed by atoms with Crippen LogP contribution in [0.1, 0.15) is 36.3 Å². The number of nitrogens with one attached hydrogen (secondary N) is 1. The summed E-state index contributed by atoms with van der Waals surface area (Å²) in [4.78, 5) is 0. The van der Waals surface area contributed by atoms with Crippen molar-refractivity contribution < 1.29 is 8.81 Å². The van der Waals surface area contributed by atoms with Crippen LogP contribution in [0.15, 0.2) is 34.9 Å². The van der Waals surface area contributed by atoms with Gasteiger partial charge in [-0.25, -0.2) is 4.39 Å². The molecule has 1 N–H and O–H groups in total. The fraction of sp³-hybridized carbons (Fsp3) is 0.375. The number of rotatable bonds is 6. The lowest BCUT2D eigenvalue weighted by Gasteiger charge is -2.17. The van der Waals surface area contributed by atoms with Gasteiger partial charge >= 0.3 is 0 Å². The summed E-state index contributed by atoms with van der Waals surface area (Å²) in [5.74, 6) is 0.598. The minimum atomic E-state index is -0.263. The lowest BCUT2D eigenvalue weighted by Crippen LogP contribution is -2.24. The average Bonchev–Trinajstić information content (AvgIpc) is 2.83. The Morgan fingerprint density at radius 2 is 2.15 bits per heavy atom. The van der Waals surface area contributed by atoms with Crippen LogP contribution in [-0.4, -0.2) is 6.54 Å². The Hall–Kier alpha value is -1.32. The van der Waals surface area contributed by atoms with E-state index in [2.05, 4.69) is 12.2 Å². The quantitative estimate of drug-likeness (QED) is 0.838. The van der Waals surface area contributed by atoms with Crippen LogP contribution in [0.25, 0.3) is 0 Å². The molecule has 0 aliphatic carbocycles. The molecule has 1 heterocycles. The highest BCUT2D eigenvalue weighted by Gasteiger charge is 2.16. The van der Waals surface area contributed by atoms with Crippen LogP contribution >= 0.6 is 11.6 Å². The Kier molecular flexibility index (Phi) is 5.21. The summed E-state index contributed by atoms with van der Waals surface area (Å²) in [5, 5.41) is 3.85. The van der Waals surface area contributed by atoms with Crippen molar-refractivity contribution in [3.05, 3.63) is 58.3 Å². The Balaban J connectivity index is 2.18. The first-order valence-electron chi connectivity index (χ1n) is 6.82. The van der Waals surface area contributed by atoms with Gasteiger partial charge in [0.15, 0.2) is 0 Å². The molecular formula is C16H19ClFNO. The zero-order valence-electron chi connectivity index (χ0n) is 11.7. The third-order valence-electron chi connectivity index (χ3n) is 3.23. The molecule has 2 aromatic rings. The molecule has 0 amide bonds. The zero-order chi connectivity index (χ0) is 14.5. The first-order chi connectivity index (χ1) is 9.60. The first kappa shape index (κ1) is 15.1.